The SMILES string of the molecule is CC(=O)N[C@H]1CC[C@]2(C)CC[C@H]([C@H](C)C(=O)N(C)Cc3ccccc3)[C@H](O)[C@H]2[C@@H]1C. The molecule has 0 bridgehead atoms. The molecule has 0 aromatic heterocycles. The molecule has 2 aliphatic rings. The van der Waals surface area contributed by atoms with Gasteiger partial charge in [-0.1, -0.05) is 51.1 Å². The monoisotopic (exact) mass is 414 g/mol. The number of nitrogens with zero attached hydrogens (tertiary/aromatic N) is 1. The zero-order valence-electron chi connectivity index (χ0n) is 19.1. The fourth-order valence-electron chi connectivity index (χ4n) is 6.22. The predicted molar refractivity (Wildman–Crippen MR) is 118 cm³/mol. The lowest BCUT2D eigenvalue weighted by Crippen LogP contribution is -2.58. The van der Waals surface area contributed by atoms with Crippen LogP contribution in [-0.4, -0.2) is 41.0 Å². The number of amides is 2. The molecule has 5 heteroatoms. The minimum atomic E-state index is -0.528. The number of carbonyl (C=O) groups is 2. The van der Waals surface area contributed by atoms with Crippen molar-refractivity contribution in [1.82, 2.24) is 10.2 Å². The maximum Gasteiger partial charge on any atom is 0.225 e. The van der Waals surface area contributed by atoms with Gasteiger partial charge in [0.25, 0.3) is 0 Å². The first-order valence-electron chi connectivity index (χ1n) is 11.4. The highest BCUT2D eigenvalue weighted by Crippen LogP contribution is 2.55. The number of fused-ring (bicyclic) bond motifs is 1. The van der Waals surface area contributed by atoms with Gasteiger partial charge in [0.05, 0.1) is 6.10 Å². The Morgan fingerprint density at radius 2 is 1.87 bits per heavy atom. The third-order valence-electron chi connectivity index (χ3n) is 7.95. The first-order chi connectivity index (χ1) is 14.1. The fourth-order valence-corrected chi connectivity index (χ4v) is 6.22. The number of hydrogen-bond donors (Lipinski definition) is 2. The number of nitrogens with one attached hydrogen (secondary N) is 1. The first kappa shape index (κ1) is 22.8. The summed E-state index contributed by atoms with van der Waals surface area (Å²) in [7, 11) is 1.85. The number of aliphatic hydroxyl groups is 1. The van der Waals surface area contributed by atoms with Crippen LogP contribution in [0.2, 0.25) is 0 Å². The Bertz CT molecular complexity index is 752. The zero-order valence-corrected chi connectivity index (χ0v) is 19.1. The van der Waals surface area contributed by atoms with Gasteiger partial charge < -0.3 is 15.3 Å². The molecule has 0 saturated heterocycles. The minimum Gasteiger partial charge on any atom is -0.392 e. The van der Waals surface area contributed by atoms with Crippen LogP contribution in [0.3, 0.4) is 0 Å². The summed E-state index contributed by atoms with van der Waals surface area (Å²) < 4.78 is 0. The predicted octanol–water partition coefficient (Wildman–Crippen LogP) is 3.61. The van der Waals surface area contributed by atoms with Crippen LogP contribution in [0, 0.1) is 29.1 Å². The molecule has 0 unspecified atom stereocenters. The van der Waals surface area contributed by atoms with Crippen LogP contribution < -0.4 is 5.32 Å². The average Bonchev–Trinajstić information content (AvgIpc) is 2.70. The molecular weight excluding hydrogens is 376 g/mol. The first-order valence-corrected chi connectivity index (χ1v) is 11.4. The standard InChI is InChI=1S/C25H38N2O3/c1-16(24(30)27(5)15-19-9-7-6-8-10-19)20-11-13-25(4)14-12-21(26-18(3)28)17(2)22(25)23(20)29/h6-10,16-17,20-23,29H,11-15H2,1-5H3,(H,26,28)/t16-,17+,20+,21-,22+,23-,25-/m0/s1. The highest BCUT2D eigenvalue weighted by molar-refractivity contribution is 5.78. The summed E-state index contributed by atoms with van der Waals surface area (Å²) in [5.74, 6) is 0.0852. The molecule has 0 spiro atoms. The second-order valence-corrected chi connectivity index (χ2v) is 10.0. The molecule has 2 aliphatic carbocycles. The molecule has 7 atom stereocenters. The van der Waals surface area contributed by atoms with E-state index in [-0.39, 0.29) is 46.9 Å². The van der Waals surface area contributed by atoms with E-state index < -0.39 is 6.10 Å². The van der Waals surface area contributed by atoms with Crippen LogP contribution >= 0.6 is 0 Å². The molecule has 0 heterocycles. The molecule has 0 radical (unpaired) electrons. The van der Waals surface area contributed by atoms with Crippen molar-refractivity contribution in [1.29, 1.82) is 0 Å². The Labute approximate surface area is 181 Å². The van der Waals surface area contributed by atoms with Crippen molar-refractivity contribution in [2.24, 2.45) is 29.1 Å². The van der Waals surface area contributed by atoms with Gasteiger partial charge in [-0.15, -0.1) is 0 Å². The lowest BCUT2D eigenvalue weighted by Gasteiger charge is -2.56. The Kier molecular flexibility index (Phi) is 6.91. The average molecular weight is 415 g/mol. The zero-order chi connectivity index (χ0) is 22.1. The smallest absolute Gasteiger partial charge is 0.225 e. The van der Waals surface area contributed by atoms with Crippen LogP contribution in [0.4, 0.5) is 0 Å². The quantitative estimate of drug-likeness (QED) is 0.773. The molecule has 3 rings (SSSR count). The van der Waals surface area contributed by atoms with Crippen LogP contribution in [0.15, 0.2) is 30.3 Å². The number of rotatable bonds is 5. The summed E-state index contributed by atoms with van der Waals surface area (Å²) in [6.45, 7) is 8.55. The van der Waals surface area contributed by atoms with E-state index in [4.69, 9.17) is 0 Å². The second kappa shape index (κ2) is 9.09. The Morgan fingerprint density at radius 1 is 1.23 bits per heavy atom. The topological polar surface area (TPSA) is 69.6 Å². The lowest BCUT2D eigenvalue weighted by atomic mass is 9.51. The van der Waals surface area contributed by atoms with Crippen molar-refractivity contribution >= 4 is 11.8 Å². The molecule has 166 valence electrons. The number of aliphatic hydroxyl groups excluding tert-OH is 1. The second-order valence-electron chi connectivity index (χ2n) is 10.0. The van der Waals surface area contributed by atoms with Gasteiger partial charge in [0.1, 0.15) is 0 Å². The number of benzene rings is 1. The summed E-state index contributed by atoms with van der Waals surface area (Å²) in [6.07, 6.45) is 3.33. The minimum absolute atomic E-state index is 0.0108. The maximum atomic E-state index is 13.2. The van der Waals surface area contributed by atoms with Crippen LogP contribution in [0.5, 0.6) is 0 Å². The van der Waals surface area contributed by atoms with Gasteiger partial charge in [-0.05, 0) is 54.4 Å². The Hall–Kier alpha value is -1.88. The summed E-state index contributed by atoms with van der Waals surface area (Å²) in [5, 5.41) is 14.5. The van der Waals surface area contributed by atoms with Crippen LogP contribution in [-0.2, 0) is 16.1 Å². The molecule has 5 nitrogen and oxygen atoms in total. The largest absolute Gasteiger partial charge is 0.392 e. The molecule has 1 aromatic carbocycles. The fraction of sp³-hybridized carbons (Fsp3) is 0.680. The molecule has 30 heavy (non-hydrogen) atoms. The molecule has 2 amide bonds. The van der Waals surface area contributed by atoms with Gasteiger partial charge in [0.15, 0.2) is 0 Å². The molecular formula is C25H38N2O3. The van der Waals surface area contributed by atoms with Gasteiger partial charge in [0.2, 0.25) is 11.8 Å². The third-order valence-corrected chi connectivity index (χ3v) is 7.95. The van der Waals surface area contributed by atoms with Crippen molar-refractivity contribution in [2.45, 2.75) is 72.1 Å². The van der Waals surface area contributed by atoms with Crippen LogP contribution in [0.25, 0.3) is 0 Å². The molecule has 2 N–H and O–H groups in total. The Morgan fingerprint density at radius 3 is 2.50 bits per heavy atom. The molecule has 0 aliphatic heterocycles. The van der Waals surface area contributed by atoms with Gasteiger partial charge >= 0.3 is 0 Å². The molecule has 2 saturated carbocycles. The van der Waals surface area contributed by atoms with E-state index in [1.165, 1.54) is 0 Å². The third kappa shape index (κ3) is 4.56. The van der Waals surface area contributed by atoms with E-state index in [0.717, 1.165) is 31.2 Å². The van der Waals surface area contributed by atoms with Gasteiger partial charge in [-0.25, -0.2) is 0 Å². The Balaban J connectivity index is 1.72. The van der Waals surface area contributed by atoms with Crippen molar-refractivity contribution in [3.8, 4) is 0 Å². The van der Waals surface area contributed by atoms with Gasteiger partial charge in [-0.2, -0.15) is 0 Å². The van der Waals surface area contributed by atoms with E-state index in [1.807, 2.05) is 44.3 Å². The summed E-state index contributed by atoms with van der Waals surface area (Å²) in [5.41, 5.74) is 1.18. The molecule has 2 fully saturated rings. The van der Waals surface area contributed by atoms with E-state index >= 15 is 0 Å². The van der Waals surface area contributed by atoms with E-state index in [0.29, 0.717) is 6.54 Å². The van der Waals surface area contributed by atoms with Crippen LogP contribution in [0.1, 0.15) is 58.9 Å². The van der Waals surface area contributed by atoms with Crippen molar-refractivity contribution in [3.05, 3.63) is 35.9 Å². The number of hydrogen-bond acceptors (Lipinski definition) is 3. The highest BCUT2D eigenvalue weighted by Gasteiger charge is 2.53. The summed E-state index contributed by atoms with van der Waals surface area (Å²) in [6, 6.07) is 10.1. The van der Waals surface area contributed by atoms with E-state index in [9.17, 15) is 14.7 Å². The normalized spacial score (nSPS) is 34.5. The van der Waals surface area contributed by atoms with E-state index in [1.54, 1.807) is 11.8 Å². The number of carbonyl (C=O) groups excluding carboxylic acids is 2. The highest BCUT2D eigenvalue weighted by atomic mass is 16.3. The van der Waals surface area contributed by atoms with Gasteiger partial charge in [0, 0.05) is 32.5 Å². The molecule has 1 aromatic rings. The summed E-state index contributed by atoms with van der Waals surface area (Å²) in [4.78, 5) is 26.6. The van der Waals surface area contributed by atoms with E-state index in [2.05, 4.69) is 19.2 Å². The van der Waals surface area contributed by atoms with Crippen molar-refractivity contribution in [3.63, 3.8) is 0 Å². The van der Waals surface area contributed by atoms with Gasteiger partial charge in [-0.3, -0.25) is 9.59 Å². The lowest BCUT2D eigenvalue weighted by molar-refractivity contribution is -0.150. The summed E-state index contributed by atoms with van der Waals surface area (Å²) >= 11 is 0. The van der Waals surface area contributed by atoms with Crippen molar-refractivity contribution < 1.29 is 14.7 Å². The maximum absolute atomic E-state index is 13.2. The van der Waals surface area contributed by atoms with Crippen molar-refractivity contribution in [2.75, 3.05) is 7.05 Å².